The number of carbonyl (C=O) groups is 1. The SMILES string of the molecule is CCCOc1c(Cl)cc(/C=C/C(=O)NCC)cc1OC. The van der Waals surface area contributed by atoms with Crippen LogP contribution in [0, 0.1) is 0 Å². The van der Waals surface area contributed by atoms with Crippen molar-refractivity contribution in [2.75, 3.05) is 20.3 Å². The molecule has 1 aromatic rings. The number of halogens is 1. The fraction of sp³-hybridized carbons (Fsp3) is 0.400. The molecule has 0 spiro atoms. The van der Waals surface area contributed by atoms with Crippen molar-refractivity contribution in [2.24, 2.45) is 0 Å². The lowest BCUT2D eigenvalue weighted by atomic mass is 10.2. The van der Waals surface area contributed by atoms with Crippen molar-refractivity contribution in [1.29, 1.82) is 0 Å². The van der Waals surface area contributed by atoms with Gasteiger partial charge in [0.2, 0.25) is 5.91 Å². The topological polar surface area (TPSA) is 47.6 Å². The molecular weight excluding hydrogens is 278 g/mol. The van der Waals surface area contributed by atoms with E-state index in [0.29, 0.717) is 29.7 Å². The van der Waals surface area contributed by atoms with Crippen molar-refractivity contribution < 1.29 is 14.3 Å². The maximum Gasteiger partial charge on any atom is 0.243 e. The number of methoxy groups -OCH3 is 1. The van der Waals surface area contributed by atoms with E-state index in [2.05, 4.69) is 5.32 Å². The van der Waals surface area contributed by atoms with Gasteiger partial charge in [0.1, 0.15) is 0 Å². The largest absolute Gasteiger partial charge is 0.493 e. The van der Waals surface area contributed by atoms with Gasteiger partial charge in [0.15, 0.2) is 11.5 Å². The van der Waals surface area contributed by atoms with Crippen molar-refractivity contribution in [2.45, 2.75) is 20.3 Å². The number of nitrogens with one attached hydrogen (secondary N) is 1. The minimum absolute atomic E-state index is 0.145. The second-order valence-electron chi connectivity index (χ2n) is 4.11. The first-order valence-corrected chi connectivity index (χ1v) is 6.96. The molecule has 5 heteroatoms. The van der Waals surface area contributed by atoms with E-state index >= 15 is 0 Å². The predicted molar refractivity (Wildman–Crippen MR) is 81.5 cm³/mol. The van der Waals surface area contributed by atoms with Crippen molar-refractivity contribution in [1.82, 2.24) is 5.32 Å². The first-order chi connectivity index (χ1) is 9.62. The summed E-state index contributed by atoms with van der Waals surface area (Å²) in [5, 5.41) is 3.15. The zero-order valence-corrected chi connectivity index (χ0v) is 12.8. The summed E-state index contributed by atoms with van der Waals surface area (Å²) in [6, 6.07) is 3.53. The van der Waals surface area contributed by atoms with Gasteiger partial charge in [-0.05, 0) is 37.1 Å². The summed E-state index contributed by atoms with van der Waals surface area (Å²) < 4.78 is 10.8. The Balaban J connectivity index is 2.95. The van der Waals surface area contributed by atoms with Gasteiger partial charge in [-0.15, -0.1) is 0 Å². The van der Waals surface area contributed by atoms with Crippen LogP contribution in [-0.2, 0) is 4.79 Å². The summed E-state index contributed by atoms with van der Waals surface area (Å²) in [5.74, 6) is 0.946. The molecule has 0 aromatic heterocycles. The van der Waals surface area contributed by atoms with E-state index in [4.69, 9.17) is 21.1 Å². The number of hydrogen-bond acceptors (Lipinski definition) is 3. The van der Waals surface area contributed by atoms with Crippen molar-refractivity contribution in [3.8, 4) is 11.5 Å². The number of likely N-dealkylation sites (N-methyl/N-ethyl adjacent to an activating group) is 1. The summed E-state index contributed by atoms with van der Waals surface area (Å²) in [6.07, 6.45) is 4.03. The fourth-order valence-electron chi connectivity index (χ4n) is 1.59. The van der Waals surface area contributed by atoms with Crippen LogP contribution in [0.1, 0.15) is 25.8 Å². The molecule has 1 rings (SSSR count). The van der Waals surface area contributed by atoms with Gasteiger partial charge >= 0.3 is 0 Å². The van der Waals surface area contributed by atoms with E-state index in [-0.39, 0.29) is 5.91 Å². The highest BCUT2D eigenvalue weighted by atomic mass is 35.5. The van der Waals surface area contributed by atoms with Gasteiger partial charge < -0.3 is 14.8 Å². The van der Waals surface area contributed by atoms with Crippen LogP contribution in [0.25, 0.3) is 6.08 Å². The Morgan fingerprint density at radius 1 is 1.40 bits per heavy atom. The maximum absolute atomic E-state index is 11.4. The third kappa shape index (κ3) is 4.78. The molecule has 0 bridgehead atoms. The van der Waals surface area contributed by atoms with E-state index in [1.807, 2.05) is 13.8 Å². The molecule has 0 heterocycles. The third-order valence-electron chi connectivity index (χ3n) is 2.48. The summed E-state index contributed by atoms with van der Waals surface area (Å²) in [6.45, 7) is 5.05. The number of carbonyl (C=O) groups excluding carboxylic acids is 1. The van der Waals surface area contributed by atoms with Gasteiger partial charge in [-0.2, -0.15) is 0 Å². The molecule has 0 aliphatic rings. The Labute approximate surface area is 124 Å². The Morgan fingerprint density at radius 3 is 2.75 bits per heavy atom. The van der Waals surface area contributed by atoms with E-state index < -0.39 is 0 Å². The van der Waals surface area contributed by atoms with Crippen LogP contribution in [-0.4, -0.2) is 26.2 Å². The Bertz CT molecular complexity index is 486. The lowest BCUT2D eigenvalue weighted by Gasteiger charge is -2.12. The lowest BCUT2D eigenvalue weighted by Crippen LogP contribution is -2.19. The van der Waals surface area contributed by atoms with Crippen LogP contribution in [0.4, 0.5) is 0 Å². The molecule has 0 fully saturated rings. The van der Waals surface area contributed by atoms with E-state index in [9.17, 15) is 4.79 Å². The van der Waals surface area contributed by atoms with Crippen LogP contribution in [0.5, 0.6) is 11.5 Å². The van der Waals surface area contributed by atoms with Gasteiger partial charge in [0, 0.05) is 12.6 Å². The van der Waals surface area contributed by atoms with Crippen LogP contribution in [0.2, 0.25) is 5.02 Å². The smallest absolute Gasteiger partial charge is 0.243 e. The van der Waals surface area contributed by atoms with Crippen molar-refractivity contribution in [3.05, 3.63) is 28.8 Å². The molecule has 110 valence electrons. The summed E-state index contributed by atoms with van der Waals surface area (Å²) >= 11 is 6.19. The van der Waals surface area contributed by atoms with Gasteiger partial charge in [-0.1, -0.05) is 18.5 Å². The van der Waals surface area contributed by atoms with E-state index in [1.54, 1.807) is 25.3 Å². The van der Waals surface area contributed by atoms with Crippen molar-refractivity contribution in [3.63, 3.8) is 0 Å². The Hall–Kier alpha value is -1.68. The van der Waals surface area contributed by atoms with E-state index in [0.717, 1.165) is 12.0 Å². The molecule has 0 aliphatic heterocycles. The highest BCUT2D eigenvalue weighted by Crippen LogP contribution is 2.36. The standard InChI is InChI=1S/C15H20ClNO3/c1-4-8-20-15-12(16)9-11(10-13(15)19-3)6-7-14(18)17-5-2/h6-7,9-10H,4-5,8H2,1-3H3,(H,17,18)/b7-6+. The normalized spacial score (nSPS) is 10.6. The Morgan fingerprint density at radius 2 is 2.15 bits per heavy atom. The molecule has 1 amide bonds. The lowest BCUT2D eigenvalue weighted by molar-refractivity contribution is -0.116. The van der Waals surface area contributed by atoms with Crippen LogP contribution >= 0.6 is 11.6 Å². The third-order valence-corrected chi connectivity index (χ3v) is 2.76. The van der Waals surface area contributed by atoms with Gasteiger partial charge in [0.25, 0.3) is 0 Å². The molecule has 0 saturated heterocycles. The van der Waals surface area contributed by atoms with E-state index in [1.165, 1.54) is 6.08 Å². The average molecular weight is 298 g/mol. The minimum Gasteiger partial charge on any atom is -0.493 e. The zero-order chi connectivity index (χ0) is 15.0. The first-order valence-electron chi connectivity index (χ1n) is 6.58. The predicted octanol–water partition coefficient (Wildman–Crippen LogP) is 3.29. The molecule has 1 N–H and O–H groups in total. The highest BCUT2D eigenvalue weighted by molar-refractivity contribution is 6.32. The highest BCUT2D eigenvalue weighted by Gasteiger charge is 2.11. The maximum atomic E-state index is 11.4. The van der Waals surface area contributed by atoms with Crippen LogP contribution < -0.4 is 14.8 Å². The molecule has 0 radical (unpaired) electrons. The number of ether oxygens (including phenoxy) is 2. The van der Waals surface area contributed by atoms with Gasteiger partial charge in [-0.25, -0.2) is 0 Å². The molecule has 20 heavy (non-hydrogen) atoms. The zero-order valence-electron chi connectivity index (χ0n) is 12.0. The number of benzene rings is 1. The molecular formula is C15H20ClNO3. The first kappa shape index (κ1) is 16.4. The molecule has 0 unspecified atom stereocenters. The summed E-state index contributed by atoms with van der Waals surface area (Å²) in [5.41, 5.74) is 0.780. The molecule has 0 atom stereocenters. The molecule has 0 aliphatic carbocycles. The quantitative estimate of drug-likeness (QED) is 0.786. The Kier molecular flexibility index (Phi) is 6.94. The second-order valence-corrected chi connectivity index (χ2v) is 4.52. The second kappa shape index (κ2) is 8.48. The minimum atomic E-state index is -0.145. The summed E-state index contributed by atoms with van der Waals surface area (Å²) in [4.78, 5) is 11.4. The van der Waals surface area contributed by atoms with Crippen LogP contribution in [0.3, 0.4) is 0 Å². The molecule has 0 saturated carbocycles. The summed E-state index contributed by atoms with van der Waals surface area (Å²) in [7, 11) is 1.56. The van der Waals surface area contributed by atoms with Gasteiger partial charge in [-0.3, -0.25) is 4.79 Å². The molecule has 4 nitrogen and oxygen atoms in total. The average Bonchev–Trinajstić information content (AvgIpc) is 2.43. The van der Waals surface area contributed by atoms with Crippen LogP contribution in [0.15, 0.2) is 18.2 Å². The number of amides is 1. The fourth-order valence-corrected chi connectivity index (χ4v) is 1.86. The number of hydrogen-bond donors (Lipinski definition) is 1. The molecule has 1 aromatic carbocycles. The van der Waals surface area contributed by atoms with Gasteiger partial charge in [0.05, 0.1) is 18.7 Å². The van der Waals surface area contributed by atoms with Crippen molar-refractivity contribution >= 4 is 23.6 Å². The monoisotopic (exact) mass is 297 g/mol. The number of rotatable bonds is 7.